The number of furan rings is 1. The fourth-order valence-corrected chi connectivity index (χ4v) is 3.44. The predicted molar refractivity (Wildman–Crippen MR) is 103 cm³/mol. The third kappa shape index (κ3) is 4.55. The van der Waals surface area contributed by atoms with E-state index >= 15 is 0 Å². The van der Waals surface area contributed by atoms with Crippen LogP contribution in [0.25, 0.3) is 11.0 Å². The largest absolute Gasteiger partial charge is 0.475 e. The number of likely N-dealkylation sites (tertiary alicyclic amines) is 1. The van der Waals surface area contributed by atoms with E-state index in [4.69, 9.17) is 9.15 Å². The number of nitrogens with zero attached hydrogens (tertiary/aromatic N) is 1. The summed E-state index contributed by atoms with van der Waals surface area (Å²) in [6.07, 6.45) is 3.73. The summed E-state index contributed by atoms with van der Waals surface area (Å²) in [5.41, 5.74) is 1.42. The van der Waals surface area contributed by atoms with Gasteiger partial charge in [-0.1, -0.05) is 24.8 Å². The van der Waals surface area contributed by atoms with E-state index < -0.39 is 19.2 Å². The molecule has 1 aromatic heterocycles. The molecule has 2 heterocycles. The maximum absolute atomic E-state index is 12.2. The lowest BCUT2D eigenvalue weighted by Gasteiger charge is -2.24. The fourth-order valence-electron chi connectivity index (χ4n) is 3.44. The number of carbonyl (C=O) groups excluding carboxylic acids is 2. The molecule has 1 saturated heterocycles. The Hall–Kier alpha value is -2.78. The maximum Gasteiger partial charge on any atom is 0.475 e. The molecular formula is C19H23BN2O6. The molecule has 1 aromatic carbocycles. The highest BCUT2D eigenvalue weighted by atomic mass is 16.5. The van der Waals surface area contributed by atoms with Gasteiger partial charge in [-0.3, -0.25) is 4.79 Å². The zero-order chi connectivity index (χ0) is 20.1. The van der Waals surface area contributed by atoms with Crippen molar-refractivity contribution in [1.29, 1.82) is 0 Å². The van der Waals surface area contributed by atoms with E-state index in [2.05, 4.69) is 11.9 Å². The van der Waals surface area contributed by atoms with Crippen molar-refractivity contribution in [3.05, 3.63) is 48.7 Å². The van der Waals surface area contributed by atoms with Crippen LogP contribution in [-0.4, -0.2) is 59.2 Å². The van der Waals surface area contributed by atoms with Gasteiger partial charge in [0.05, 0.1) is 18.2 Å². The van der Waals surface area contributed by atoms with Crippen molar-refractivity contribution in [2.75, 3.05) is 13.2 Å². The van der Waals surface area contributed by atoms with Gasteiger partial charge in [-0.2, -0.15) is 0 Å². The Bertz CT molecular complexity index is 852. The molecule has 2 aromatic rings. The summed E-state index contributed by atoms with van der Waals surface area (Å²) in [5, 5.41) is 22.6. The van der Waals surface area contributed by atoms with Gasteiger partial charge in [0.2, 0.25) is 5.91 Å². The Morgan fingerprint density at radius 3 is 2.96 bits per heavy atom. The molecule has 0 spiro atoms. The lowest BCUT2D eigenvalue weighted by molar-refractivity contribution is -0.127. The van der Waals surface area contributed by atoms with Gasteiger partial charge in [-0.25, -0.2) is 4.79 Å². The van der Waals surface area contributed by atoms with E-state index in [1.165, 1.54) is 12.3 Å². The SMILES string of the molecule is C=CC(=O)N1CCC[C@@H]1COC(=O)NC(Cc1coc2ccccc12)B(O)O. The van der Waals surface area contributed by atoms with E-state index in [1.54, 1.807) is 4.90 Å². The first-order valence-electron chi connectivity index (χ1n) is 9.17. The zero-order valence-corrected chi connectivity index (χ0v) is 15.4. The normalized spacial score (nSPS) is 17.4. The number of amides is 2. The molecule has 0 radical (unpaired) electrons. The molecule has 8 nitrogen and oxygen atoms in total. The summed E-state index contributed by atoms with van der Waals surface area (Å²) >= 11 is 0. The molecule has 28 heavy (non-hydrogen) atoms. The van der Waals surface area contributed by atoms with E-state index in [9.17, 15) is 19.6 Å². The average molecular weight is 386 g/mol. The molecule has 1 aliphatic rings. The minimum absolute atomic E-state index is 0.0360. The molecule has 148 valence electrons. The maximum atomic E-state index is 12.2. The molecule has 1 aliphatic heterocycles. The van der Waals surface area contributed by atoms with Crippen molar-refractivity contribution in [2.24, 2.45) is 0 Å². The van der Waals surface area contributed by atoms with E-state index in [0.29, 0.717) is 12.1 Å². The quantitative estimate of drug-likeness (QED) is 0.488. The molecule has 3 rings (SSSR count). The second kappa shape index (κ2) is 8.94. The highest BCUT2D eigenvalue weighted by molar-refractivity contribution is 6.43. The number of hydrogen-bond donors (Lipinski definition) is 3. The molecule has 9 heteroatoms. The molecule has 0 bridgehead atoms. The van der Waals surface area contributed by atoms with Crippen molar-refractivity contribution in [3.63, 3.8) is 0 Å². The minimum Gasteiger partial charge on any atom is -0.464 e. The smallest absolute Gasteiger partial charge is 0.464 e. The van der Waals surface area contributed by atoms with Crippen LogP contribution in [0.15, 0.2) is 47.6 Å². The minimum atomic E-state index is -1.77. The average Bonchev–Trinajstić information content (AvgIpc) is 3.32. The summed E-state index contributed by atoms with van der Waals surface area (Å²) in [6, 6.07) is 7.16. The van der Waals surface area contributed by atoms with Gasteiger partial charge in [-0.15, -0.1) is 0 Å². The molecular weight excluding hydrogens is 363 g/mol. The number of carbonyl (C=O) groups is 2. The molecule has 0 aliphatic carbocycles. The monoisotopic (exact) mass is 386 g/mol. The highest BCUT2D eigenvalue weighted by Gasteiger charge is 2.30. The number of fused-ring (bicyclic) bond motifs is 1. The van der Waals surface area contributed by atoms with Crippen LogP contribution in [0.1, 0.15) is 18.4 Å². The number of alkyl carbamates (subject to hydrolysis) is 1. The van der Waals surface area contributed by atoms with Crippen molar-refractivity contribution < 1.29 is 28.8 Å². The number of benzene rings is 1. The number of nitrogens with one attached hydrogen (secondary N) is 1. The first-order chi connectivity index (χ1) is 13.5. The van der Waals surface area contributed by atoms with Crippen LogP contribution in [0, 0.1) is 0 Å². The van der Waals surface area contributed by atoms with Crippen molar-refractivity contribution in [2.45, 2.75) is 31.2 Å². The first kappa shape index (κ1) is 20.0. The van der Waals surface area contributed by atoms with Crippen LogP contribution in [0.5, 0.6) is 0 Å². The molecule has 1 fully saturated rings. The Balaban J connectivity index is 1.57. The van der Waals surface area contributed by atoms with Crippen molar-refractivity contribution in [1.82, 2.24) is 10.2 Å². The Kier molecular flexibility index (Phi) is 6.38. The van der Waals surface area contributed by atoms with Crippen molar-refractivity contribution >= 4 is 30.1 Å². The van der Waals surface area contributed by atoms with Gasteiger partial charge < -0.3 is 29.4 Å². The van der Waals surface area contributed by atoms with Crippen LogP contribution in [0.4, 0.5) is 4.79 Å². The second-order valence-electron chi connectivity index (χ2n) is 6.76. The highest BCUT2D eigenvalue weighted by Crippen LogP contribution is 2.22. The topological polar surface area (TPSA) is 112 Å². The van der Waals surface area contributed by atoms with Crippen molar-refractivity contribution in [3.8, 4) is 0 Å². The van der Waals surface area contributed by atoms with E-state index in [0.717, 1.165) is 23.8 Å². The molecule has 1 unspecified atom stereocenters. The lowest BCUT2D eigenvalue weighted by Crippen LogP contribution is -2.48. The summed E-state index contributed by atoms with van der Waals surface area (Å²) in [5.74, 6) is -1.16. The van der Waals surface area contributed by atoms with E-state index in [-0.39, 0.29) is 25.0 Å². The van der Waals surface area contributed by atoms with Gasteiger partial charge in [-0.05, 0) is 37.0 Å². The van der Waals surface area contributed by atoms with Crippen LogP contribution in [0.3, 0.4) is 0 Å². The number of rotatable bonds is 7. The lowest BCUT2D eigenvalue weighted by atomic mass is 9.76. The van der Waals surface area contributed by atoms with Crippen LogP contribution >= 0.6 is 0 Å². The number of para-hydroxylation sites is 1. The molecule has 2 atom stereocenters. The zero-order valence-electron chi connectivity index (χ0n) is 15.4. The summed E-state index contributed by atoms with van der Waals surface area (Å²) in [7, 11) is -1.77. The summed E-state index contributed by atoms with van der Waals surface area (Å²) in [4.78, 5) is 25.6. The molecule has 0 saturated carbocycles. The summed E-state index contributed by atoms with van der Waals surface area (Å²) < 4.78 is 10.7. The summed E-state index contributed by atoms with van der Waals surface area (Å²) in [6.45, 7) is 4.12. The Labute approximate surface area is 162 Å². The molecule has 3 N–H and O–H groups in total. The standard InChI is InChI=1S/C19H23BN2O6/c1-2-18(23)22-9-5-6-14(22)12-28-19(24)21-17(20(25)26)10-13-11-27-16-8-4-3-7-15(13)16/h2-4,7-8,11,14,17,25-26H,1,5-6,9-10,12H2,(H,21,24)/t14-,17?/m1/s1. The van der Waals surface area contributed by atoms with Gasteiger partial charge in [0, 0.05) is 11.9 Å². The number of ether oxygens (including phenoxy) is 1. The third-order valence-electron chi connectivity index (χ3n) is 4.91. The van der Waals surface area contributed by atoms with Crippen LogP contribution in [-0.2, 0) is 16.0 Å². The fraction of sp³-hybridized carbons (Fsp3) is 0.368. The first-order valence-corrected chi connectivity index (χ1v) is 9.17. The predicted octanol–water partition coefficient (Wildman–Crippen LogP) is 1.26. The Morgan fingerprint density at radius 1 is 1.43 bits per heavy atom. The second-order valence-corrected chi connectivity index (χ2v) is 6.76. The van der Waals surface area contributed by atoms with Gasteiger partial charge >= 0.3 is 13.2 Å². The third-order valence-corrected chi connectivity index (χ3v) is 4.91. The van der Waals surface area contributed by atoms with Gasteiger partial charge in [0.25, 0.3) is 0 Å². The van der Waals surface area contributed by atoms with E-state index in [1.807, 2.05) is 24.3 Å². The van der Waals surface area contributed by atoms with Crippen LogP contribution in [0.2, 0.25) is 0 Å². The van der Waals surface area contributed by atoms with Gasteiger partial charge in [0.15, 0.2) is 0 Å². The number of hydrogen-bond acceptors (Lipinski definition) is 6. The molecule has 2 amide bonds. The van der Waals surface area contributed by atoms with Gasteiger partial charge in [0.1, 0.15) is 12.2 Å². The van der Waals surface area contributed by atoms with Crippen LogP contribution < -0.4 is 5.32 Å². The Morgan fingerprint density at radius 2 is 2.21 bits per heavy atom.